The molecular formula is C20H16Cl2FN3O. The van der Waals surface area contributed by atoms with Gasteiger partial charge in [-0.05, 0) is 55.0 Å². The quantitative estimate of drug-likeness (QED) is 0.617. The highest BCUT2D eigenvalue weighted by atomic mass is 35.5. The Bertz CT molecular complexity index is 990. The summed E-state index contributed by atoms with van der Waals surface area (Å²) in [5.74, 6) is 0.0271. The number of primary amides is 1. The summed E-state index contributed by atoms with van der Waals surface area (Å²) in [6.45, 7) is 1.87. The molecule has 4 nitrogen and oxygen atoms in total. The predicted molar refractivity (Wildman–Crippen MR) is 107 cm³/mol. The van der Waals surface area contributed by atoms with Crippen LogP contribution < -0.4 is 10.6 Å². The molecule has 0 unspecified atom stereocenters. The van der Waals surface area contributed by atoms with Crippen molar-refractivity contribution >= 4 is 35.1 Å². The van der Waals surface area contributed by atoms with Crippen LogP contribution in [0.1, 0.15) is 11.1 Å². The predicted octanol–water partition coefficient (Wildman–Crippen LogP) is 5.59. The monoisotopic (exact) mass is 403 g/mol. The van der Waals surface area contributed by atoms with Crippen LogP contribution in [-0.4, -0.2) is 11.0 Å². The van der Waals surface area contributed by atoms with Gasteiger partial charge in [0.05, 0.1) is 12.2 Å². The molecule has 1 heterocycles. The minimum atomic E-state index is -0.688. The lowest BCUT2D eigenvalue weighted by molar-refractivity contribution is 0.253. The van der Waals surface area contributed by atoms with Gasteiger partial charge in [-0.25, -0.2) is 14.2 Å². The molecule has 27 heavy (non-hydrogen) atoms. The molecule has 3 aromatic rings. The Morgan fingerprint density at radius 3 is 2.41 bits per heavy atom. The fraction of sp³-hybridized carbons (Fsp3) is 0.100. The second kappa shape index (κ2) is 7.94. The van der Waals surface area contributed by atoms with Crippen molar-refractivity contribution in [1.82, 2.24) is 4.98 Å². The Balaban J connectivity index is 2.01. The Hall–Kier alpha value is -2.63. The summed E-state index contributed by atoms with van der Waals surface area (Å²) in [5, 5.41) is 0.860. The smallest absolute Gasteiger partial charge is 0.320 e. The summed E-state index contributed by atoms with van der Waals surface area (Å²) in [4.78, 5) is 17.9. The van der Waals surface area contributed by atoms with Crippen molar-refractivity contribution in [3.05, 3.63) is 81.6 Å². The summed E-state index contributed by atoms with van der Waals surface area (Å²) in [6, 6.07) is 14.1. The highest BCUT2D eigenvalue weighted by molar-refractivity contribution is 6.36. The van der Waals surface area contributed by atoms with E-state index in [1.807, 2.05) is 0 Å². The molecule has 0 fully saturated rings. The molecule has 2 aromatic carbocycles. The molecule has 2 amide bonds. The number of urea groups is 1. The van der Waals surface area contributed by atoms with Crippen molar-refractivity contribution in [2.75, 3.05) is 4.90 Å². The summed E-state index contributed by atoms with van der Waals surface area (Å²) >= 11 is 12.4. The molecule has 0 atom stereocenters. The number of benzene rings is 2. The fourth-order valence-corrected chi connectivity index (χ4v) is 3.27. The lowest BCUT2D eigenvalue weighted by Gasteiger charge is -2.21. The first-order valence-electron chi connectivity index (χ1n) is 8.10. The van der Waals surface area contributed by atoms with Crippen LogP contribution in [-0.2, 0) is 6.54 Å². The number of nitrogens with two attached hydrogens (primary N) is 1. The molecule has 138 valence electrons. The highest BCUT2D eigenvalue weighted by Gasteiger charge is 2.18. The van der Waals surface area contributed by atoms with Gasteiger partial charge in [0, 0.05) is 21.2 Å². The van der Waals surface area contributed by atoms with Crippen LogP contribution in [0.5, 0.6) is 0 Å². The van der Waals surface area contributed by atoms with Crippen LogP contribution in [0.15, 0.2) is 54.6 Å². The van der Waals surface area contributed by atoms with Gasteiger partial charge in [-0.2, -0.15) is 0 Å². The number of hydrogen-bond acceptors (Lipinski definition) is 2. The van der Waals surface area contributed by atoms with E-state index in [0.29, 0.717) is 27.1 Å². The van der Waals surface area contributed by atoms with Gasteiger partial charge in [-0.15, -0.1) is 0 Å². The molecule has 1 aromatic heterocycles. The highest BCUT2D eigenvalue weighted by Crippen LogP contribution is 2.29. The van der Waals surface area contributed by atoms with Crippen LogP contribution in [0.25, 0.3) is 11.3 Å². The zero-order chi connectivity index (χ0) is 19.6. The number of aryl methyl sites for hydroxylation is 1. The van der Waals surface area contributed by atoms with E-state index in [4.69, 9.17) is 28.9 Å². The van der Waals surface area contributed by atoms with Crippen LogP contribution >= 0.6 is 23.2 Å². The number of amides is 2. The Morgan fingerprint density at radius 2 is 1.78 bits per heavy atom. The number of anilines is 1. The maximum atomic E-state index is 13.4. The van der Waals surface area contributed by atoms with Crippen LogP contribution in [0.3, 0.4) is 0 Å². The third-order valence-corrected chi connectivity index (χ3v) is 4.83. The molecule has 7 heteroatoms. The molecular weight excluding hydrogens is 388 g/mol. The molecule has 0 saturated heterocycles. The Kier molecular flexibility index (Phi) is 5.63. The third-order valence-electron chi connectivity index (χ3n) is 4.12. The van der Waals surface area contributed by atoms with Crippen molar-refractivity contribution < 1.29 is 9.18 Å². The third kappa shape index (κ3) is 4.21. The fourth-order valence-electron chi connectivity index (χ4n) is 2.75. The van der Waals surface area contributed by atoms with E-state index in [1.165, 1.54) is 17.0 Å². The largest absolute Gasteiger partial charge is 0.351 e. The Morgan fingerprint density at radius 1 is 1.11 bits per heavy atom. The first-order valence-corrected chi connectivity index (χ1v) is 8.86. The molecule has 0 aliphatic carbocycles. The lowest BCUT2D eigenvalue weighted by atomic mass is 10.1. The molecule has 0 saturated carbocycles. The number of hydrogen-bond donors (Lipinski definition) is 1. The average molecular weight is 404 g/mol. The van der Waals surface area contributed by atoms with Crippen molar-refractivity contribution in [3.63, 3.8) is 0 Å². The number of aromatic nitrogens is 1. The number of rotatable bonds is 4. The van der Waals surface area contributed by atoms with Crippen LogP contribution in [0.4, 0.5) is 15.0 Å². The van der Waals surface area contributed by atoms with Crippen molar-refractivity contribution in [1.29, 1.82) is 0 Å². The van der Waals surface area contributed by atoms with E-state index in [1.54, 1.807) is 49.4 Å². The molecule has 2 N–H and O–H groups in total. The van der Waals surface area contributed by atoms with Gasteiger partial charge in [-0.3, -0.25) is 4.90 Å². The number of pyridine rings is 1. The van der Waals surface area contributed by atoms with Crippen molar-refractivity contribution in [2.24, 2.45) is 5.73 Å². The van der Waals surface area contributed by atoms with E-state index in [2.05, 4.69) is 4.98 Å². The van der Waals surface area contributed by atoms with E-state index in [-0.39, 0.29) is 12.4 Å². The maximum absolute atomic E-state index is 13.4. The number of carbonyl (C=O) groups is 1. The summed E-state index contributed by atoms with van der Waals surface area (Å²) in [5.41, 5.74) is 8.24. The lowest BCUT2D eigenvalue weighted by Crippen LogP contribution is -2.36. The van der Waals surface area contributed by atoms with Crippen LogP contribution in [0, 0.1) is 12.7 Å². The molecule has 0 spiro atoms. The van der Waals surface area contributed by atoms with Gasteiger partial charge in [0.15, 0.2) is 0 Å². The maximum Gasteiger partial charge on any atom is 0.320 e. The number of nitrogens with zero attached hydrogens (tertiary/aromatic N) is 2. The molecule has 0 aliphatic heterocycles. The van der Waals surface area contributed by atoms with Gasteiger partial charge < -0.3 is 5.73 Å². The van der Waals surface area contributed by atoms with E-state index < -0.39 is 6.03 Å². The summed E-state index contributed by atoms with van der Waals surface area (Å²) in [6.07, 6.45) is 0. The van der Waals surface area contributed by atoms with E-state index >= 15 is 0 Å². The standard InChI is InChI=1S/C20H16Cl2FN3O/c1-12-10-13(23)8-9-14(12)18-6-3-7-19(25-18)26(20(24)27)11-15-16(21)4-2-5-17(15)22/h2-10H,11H2,1H3,(H2,24,27). The van der Waals surface area contributed by atoms with Crippen molar-refractivity contribution in [2.45, 2.75) is 13.5 Å². The number of carbonyl (C=O) groups excluding carboxylic acids is 1. The topological polar surface area (TPSA) is 59.2 Å². The molecule has 0 aliphatic rings. The molecule has 0 bridgehead atoms. The first kappa shape index (κ1) is 19.1. The normalized spacial score (nSPS) is 10.7. The molecule has 3 rings (SSSR count). The second-order valence-corrected chi connectivity index (χ2v) is 6.78. The van der Waals surface area contributed by atoms with E-state index in [0.717, 1.165) is 11.1 Å². The van der Waals surface area contributed by atoms with Crippen LogP contribution in [0.2, 0.25) is 10.0 Å². The van der Waals surface area contributed by atoms with Gasteiger partial charge >= 0.3 is 6.03 Å². The number of halogens is 3. The average Bonchev–Trinajstić information content (AvgIpc) is 2.61. The zero-order valence-electron chi connectivity index (χ0n) is 14.4. The van der Waals surface area contributed by atoms with E-state index in [9.17, 15) is 9.18 Å². The van der Waals surface area contributed by atoms with Gasteiger partial charge in [0.1, 0.15) is 11.6 Å². The minimum Gasteiger partial charge on any atom is -0.351 e. The Labute approximate surface area is 166 Å². The van der Waals surface area contributed by atoms with Gasteiger partial charge in [0.25, 0.3) is 0 Å². The second-order valence-electron chi connectivity index (χ2n) is 5.96. The van der Waals surface area contributed by atoms with Crippen molar-refractivity contribution in [3.8, 4) is 11.3 Å². The zero-order valence-corrected chi connectivity index (χ0v) is 15.9. The summed E-state index contributed by atoms with van der Waals surface area (Å²) in [7, 11) is 0. The SMILES string of the molecule is Cc1cc(F)ccc1-c1cccc(N(Cc2c(Cl)cccc2Cl)C(N)=O)n1. The first-order chi connectivity index (χ1) is 12.9. The molecule has 0 radical (unpaired) electrons. The summed E-state index contributed by atoms with van der Waals surface area (Å²) < 4.78 is 13.4. The van der Waals surface area contributed by atoms with Gasteiger partial charge in [0.2, 0.25) is 0 Å². The minimum absolute atomic E-state index is 0.0761. The van der Waals surface area contributed by atoms with Gasteiger partial charge in [-0.1, -0.05) is 35.3 Å².